The molecule has 0 radical (unpaired) electrons. The lowest BCUT2D eigenvalue weighted by Gasteiger charge is -2.22. The first-order chi connectivity index (χ1) is 11.5. The number of non-ortho nitro benzene ring substituents is 1. The molecule has 9 heteroatoms. The molecule has 0 spiro atoms. The van der Waals surface area contributed by atoms with Gasteiger partial charge in [0.15, 0.2) is 0 Å². The van der Waals surface area contributed by atoms with Crippen molar-refractivity contribution in [3.8, 4) is 0 Å². The van der Waals surface area contributed by atoms with Gasteiger partial charge in [-0.2, -0.15) is 5.10 Å². The predicted molar refractivity (Wildman–Crippen MR) is 84.3 cm³/mol. The molecule has 2 unspecified atom stereocenters. The summed E-state index contributed by atoms with van der Waals surface area (Å²) in [5.41, 5.74) is 0.408. The molecule has 2 rings (SSSR count). The molecule has 1 amide bonds. The zero-order valence-electron chi connectivity index (χ0n) is 13.0. The fourth-order valence-corrected chi connectivity index (χ4v) is 2.15. The molecule has 0 aliphatic heterocycles. The van der Waals surface area contributed by atoms with Crippen molar-refractivity contribution >= 4 is 11.6 Å². The molecule has 1 aromatic carbocycles. The molecule has 0 saturated carbocycles. The molecule has 1 aromatic heterocycles. The van der Waals surface area contributed by atoms with E-state index in [0.717, 1.165) is 0 Å². The van der Waals surface area contributed by atoms with Crippen molar-refractivity contribution in [3.05, 3.63) is 57.9 Å². The summed E-state index contributed by atoms with van der Waals surface area (Å²) in [6, 6.07) is 5.82. The third kappa shape index (κ3) is 3.94. The van der Waals surface area contributed by atoms with Gasteiger partial charge in [0.2, 0.25) is 0 Å². The maximum Gasteiger partial charge on any atom is 0.272 e. The highest BCUT2D eigenvalue weighted by molar-refractivity contribution is 5.92. The van der Waals surface area contributed by atoms with E-state index in [4.69, 9.17) is 0 Å². The Morgan fingerprint density at radius 2 is 2.04 bits per heavy atom. The van der Waals surface area contributed by atoms with Crippen molar-refractivity contribution in [1.29, 1.82) is 0 Å². The average molecular weight is 334 g/mol. The molecule has 3 N–H and O–H groups in total. The SMILES string of the molecule is CCn1ccc(C(=O)NC(CO)C(O)c2ccc([N+](=O)[O-])cc2)n1. The molecule has 0 bridgehead atoms. The van der Waals surface area contributed by atoms with Gasteiger partial charge in [-0.25, -0.2) is 0 Å². The van der Waals surface area contributed by atoms with Crippen LogP contribution in [0.1, 0.15) is 29.1 Å². The lowest BCUT2D eigenvalue weighted by atomic mass is 10.0. The van der Waals surface area contributed by atoms with E-state index in [-0.39, 0.29) is 11.4 Å². The average Bonchev–Trinajstić information content (AvgIpc) is 3.08. The fourth-order valence-electron chi connectivity index (χ4n) is 2.15. The number of benzene rings is 1. The van der Waals surface area contributed by atoms with E-state index in [1.807, 2.05) is 6.92 Å². The van der Waals surface area contributed by atoms with Gasteiger partial charge in [-0.1, -0.05) is 0 Å². The van der Waals surface area contributed by atoms with Crippen molar-refractivity contribution in [2.45, 2.75) is 25.6 Å². The van der Waals surface area contributed by atoms with Crippen LogP contribution in [0.15, 0.2) is 36.5 Å². The zero-order chi connectivity index (χ0) is 17.7. The summed E-state index contributed by atoms with van der Waals surface area (Å²) in [5, 5.41) is 36.9. The Hall–Kier alpha value is -2.78. The van der Waals surface area contributed by atoms with Gasteiger partial charge < -0.3 is 15.5 Å². The number of nitro groups is 1. The highest BCUT2D eigenvalue weighted by Crippen LogP contribution is 2.20. The van der Waals surface area contributed by atoms with Crippen LogP contribution in [-0.2, 0) is 6.54 Å². The highest BCUT2D eigenvalue weighted by Gasteiger charge is 2.24. The van der Waals surface area contributed by atoms with Gasteiger partial charge in [-0.05, 0) is 30.7 Å². The molecule has 0 aliphatic rings. The van der Waals surface area contributed by atoms with E-state index in [9.17, 15) is 25.1 Å². The largest absolute Gasteiger partial charge is 0.394 e. The minimum absolute atomic E-state index is 0.111. The number of hydrogen-bond acceptors (Lipinski definition) is 6. The van der Waals surface area contributed by atoms with Crippen molar-refractivity contribution in [2.24, 2.45) is 0 Å². The Balaban J connectivity index is 2.09. The van der Waals surface area contributed by atoms with Crippen LogP contribution >= 0.6 is 0 Å². The maximum absolute atomic E-state index is 12.1. The Kier molecular flexibility index (Phi) is 5.61. The first-order valence-electron chi connectivity index (χ1n) is 7.33. The summed E-state index contributed by atoms with van der Waals surface area (Å²) in [6.07, 6.45) is 0.434. The van der Waals surface area contributed by atoms with Crippen LogP contribution in [0.3, 0.4) is 0 Å². The van der Waals surface area contributed by atoms with Crippen LogP contribution in [0.25, 0.3) is 0 Å². The number of aliphatic hydroxyl groups excluding tert-OH is 2. The standard InChI is InChI=1S/C15H18N4O5/c1-2-18-8-7-12(17-18)15(22)16-13(9-20)14(21)10-3-5-11(6-4-10)19(23)24/h3-8,13-14,20-21H,2,9H2,1H3,(H,16,22). The fraction of sp³-hybridized carbons (Fsp3) is 0.333. The van der Waals surface area contributed by atoms with E-state index in [0.29, 0.717) is 12.1 Å². The number of aromatic nitrogens is 2. The van der Waals surface area contributed by atoms with Gasteiger partial charge in [0.05, 0.1) is 17.6 Å². The van der Waals surface area contributed by atoms with Gasteiger partial charge >= 0.3 is 0 Å². The summed E-state index contributed by atoms with van der Waals surface area (Å²) < 4.78 is 1.58. The quantitative estimate of drug-likeness (QED) is 0.503. The minimum Gasteiger partial charge on any atom is -0.394 e. The molecule has 9 nitrogen and oxygen atoms in total. The number of aryl methyl sites for hydroxylation is 1. The summed E-state index contributed by atoms with van der Waals surface area (Å²) in [6.45, 7) is 1.99. The molecule has 128 valence electrons. The topological polar surface area (TPSA) is 131 Å². The second kappa shape index (κ2) is 7.66. The smallest absolute Gasteiger partial charge is 0.272 e. The van der Waals surface area contributed by atoms with Gasteiger partial charge in [0, 0.05) is 24.9 Å². The maximum atomic E-state index is 12.1. The third-order valence-electron chi connectivity index (χ3n) is 3.54. The predicted octanol–water partition coefficient (Wildman–Crippen LogP) is 0.635. The zero-order valence-corrected chi connectivity index (χ0v) is 13.0. The number of nitro benzene ring substituents is 1. The Morgan fingerprint density at radius 1 is 1.38 bits per heavy atom. The number of carbonyl (C=O) groups is 1. The number of nitrogens with zero attached hydrogens (tertiary/aromatic N) is 3. The van der Waals surface area contributed by atoms with Crippen LogP contribution in [0.2, 0.25) is 0 Å². The van der Waals surface area contributed by atoms with E-state index in [1.165, 1.54) is 30.3 Å². The normalized spacial score (nSPS) is 13.3. The molecule has 0 aliphatic carbocycles. The third-order valence-corrected chi connectivity index (χ3v) is 3.54. The second-order valence-corrected chi connectivity index (χ2v) is 5.11. The van der Waals surface area contributed by atoms with Crippen LogP contribution in [-0.4, -0.2) is 43.5 Å². The number of nitrogens with one attached hydrogen (secondary N) is 1. The second-order valence-electron chi connectivity index (χ2n) is 5.11. The van der Waals surface area contributed by atoms with Crippen LogP contribution in [0.5, 0.6) is 0 Å². The van der Waals surface area contributed by atoms with Crippen molar-refractivity contribution in [3.63, 3.8) is 0 Å². The molecular weight excluding hydrogens is 316 g/mol. The first kappa shape index (κ1) is 17.6. The van der Waals surface area contributed by atoms with Gasteiger partial charge in [-0.15, -0.1) is 0 Å². The number of amides is 1. The van der Waals surface area contributed by atoms with Crippen molar-refractivity contribution in [1.82, 2.24) is 15.1 Å². The molecular formula is C15H18N4O5. The monoisotopic (exact) mass is 334 g/mol. The van der Waals surface area contributed by atoms with E-state index >= 15 is 0 Å². The van der Waals surface area contributed by atoms with Gasteiger partial charge in [0.25, 0.3) is 11.6 Å². The van der Waals surface area contributed by atoms with Gasteiger partial charge in [0.1, 0.15) is 11.8 Å². The summed E-state index contributed by atoms with van der Waals surface area (Å²) in [5.74, 6) is -0.526. The van der Waals surface area contributed by atoms with E-state index < -0.39 is 29.6 Å². The van der Waals surface area contributed by atoms with Crippen LogP contribution < -0.4 is 5.32 Å². The molecule has 2 aromatic rings. The van der Waals surface area contributed by atoms with E-state index in [2.05, 4.69) is 10.4 Å². The van der Waals surface area contributed by atoms with Gasteiger partial charge in [-0.3, -0.25) is 19.6 Å². The van der Waals surface area contributed by atoms with Crippen molar-refractivity contribution < 1.29 is 19.9 Å². The number of hydrogen-bond donors (Lipinski definition) is 3. The molecule has 24 heavy (non-hydrogen) atoms. The van der Waals surface area contributed by atoms with Crippen LogP contribution in [0, 0.1) is 10.1 Å². The lowest BCUT2D eigenvalue weighted by molar-refractivity contribution is -0.384. The molecule has 1 heterocycles. The van der Waals surface area contributed by atoms with Crippen molar-refractivity contribution in [2.75, 3.05) is 6.61 Å². The molecule has 2 atom stereocenters. The van der Waals surface area contributed by atoms with E-state index in [1.54, 1.807) is 10.9 Å². The lowest BCUT2D eigenvalue weighted by Crippen LogP contribution is -2.42. The van der Waals surface area contributed by atoms with Crippen LogP contribution in [0.4, 0.5) is 5.69 Å². The summed E-state index contributed by atoms with van der Waals surface area (Å²) in [7, 11) is 0. The Morgan fingerprint density at radius 3 is 2.54 bits per heavy atom. The number of rotatable bonds is 7. The Labute approximate surface area is 137 Å². The highest BCUT2D eigenvalue weighted by atomic mass is 16.6. The minimum atomic E-state index is -1.21. The number of aliphatic hydroxyl groups is 2. The Bertz CT molecular complexity index is 713. The summed E-state index contributed by atoms with van der Waals surface area (Å²) >= 11 is 0. The molecule has 0 fully saturated rings. The summed E-state index contributed by atoms with van der Waals surface area (Å²) in [4.78, 5) is 22.2. The molecule has 0 saturated heterocycles. The first-order valence-corrected chi connectivity index (χ1v) is 7.33. The number of carbonyl (C=O) groups excluding carboxylic acids is 1.